The van der Waals surface area contributed by atoms with Gasteiger partial charge in [-0.05, 0) is 49.4 Å². The van der Waals surface area contributed by atoms with Gasteiger partial charge in [0.05, 0.1) is 31.4 Å². The minimum Gasteiger partial charge on any atom is -0.493 e. The summed E-state index contributed by atoms with van der Waals surface area (Å²) in [5.74, 6) is 0.579. The van der Waals surface area contributed by atoms with Crippen molar-refractivity contribution in [3.05, 3.63) is 48.0 Å². The van der Waals surface area contributed by atoms with Gasteiger partial charge in [0.2, 0.25) is 21.9 Å². The van der Waals surface area contributed by atoms with Crippen molar-refractivity contribution in [2.75, 3.05) is 31.2 Å². The van der Waals surface area contributed by atoms with E-state index in [1.165, 1.54) is 38.5 Å². The number of nitriles is 1. The Bertz CT molecular complexity index is 1570. The molecule has 13 nitrogen and oxygen atoms in total. The van der Waals surface area contributed by atoms with Crippen molar-refractivity contribution in [1.29, 1.82) is 5.26 Å². The first kappa shape index (κ1) is 26.3. The maximum Gasteiger partial charge on any atom is 0.258 e. The normalized spacial score (nSPS) is 13.1. The van der Waals surface area contributed by atoms with Gasteiger partial charge in [-0.1, -0.05) is 0 Å². The van der Waals surface area contributed by atoms with Gasteiger partial charge in [0.15, 0.2) is 17.3 Å². The van der Waals surface area contributed by atoms with E-state index in [1.807, 2.05) is 0 Å². The largest absolute Gasteiger partial charge is 0.493 e. The van der Waals surface area contributed by atoms with Crippen LogP contribution in [0.5, 0.6) is 11.5 Å². The van der Waals surface area contributed by atoms with Crippen LogP contribution in [0.2, 0.25) is 0 Å². The number of ether oxygens (including phenoxy) is 3. The minimum absolute atomic E-state index is 0.0119. The fourth-order valence-corrected chi connectivity index (χ4v) is 4.14. The molecular formula is C24H23N7O6S. The number of carbonyl (C=O) groups is 1. The first-order valence-electron chi connectivity index (χ1n) is 11.2. The van der Waals surface area contributed by atoms with Gasteiger partial charge in [0, 0.05) is 11.3 Å². The predicted molar refractivity (Wildman–Crippen MR) is 138 cm³/mol. The topological polar surface area (TPSA) is 182 Å². The number of amides is 1. The second kappa shape index (κ2) is 10.7. The van der Waals surface area contributed by atoms with Crippen LogP contribution in [-0.4, -0.2) is 51.0 Å². The molecule has 0 radical (unpaired) electrons. The van der Waals surface area contributed by atoms with Crippen LogP contribution >= 0.6 is 0 Å². The van der Waals surface area contributed by atoms with Crippen LogP contribution in [0.1, 0.15) is 18.9 Å². The van der Waals surface area contributed by atoms with Crippen molar-refractivity contribution >= 4 is 39.3 Å². The molecule has 0 saturated carbocycles. The zero-order valence-electron chi connectivity index (χ0n) is 20.6. The number of anilines is 3. The van der Waals surface area contributed by atoms with Gasteiger partial charge in [0.25, 0.3) is 5.91 Å². The summed E-state index contributed by atoms with van der Waals surface area (Å²) in [5, 5.41) is 23.4. The zero-order chi connectivity index (χ0) is 27.4. The van der Waals surface area contributed by atoms with Gasteiger partial charge < -0.3 is 19.5 Å². The van der Waals surface area contributed by atoms with Crippen molar-refractivity contribution in [1.82, 2.24) is 9.97 Å². The van der Waals surface area contributed by atoms with E-state index in [1.54, 1.807) is 25.1 Å². The van der Waals surface area contributed by atoms with Crippen molar-refractivity contribution in [2.45, 2.75) is 18.2 Å². The molecule has 196 valence electrons. The van der Waals surface area contributed by atoms with Crippen LogP contribution in [0.3, 0.4) is 0 Å². The summed E-state index contributed by atoms with van der Waals surface area (Å²) < 4.78 is 39.3. The van der Waals surface area contributed by atoms with Crippen molar-refractivity contribution < 1.29 is 27.4 Å². The monoisotopic (exact) mass is 537 g/mol. The fourth-order valence-electron chi connectivity index (χ4n) is 3.63. The standard InChI is InChI=1S/C24H23N7O6S/c1-4-37-20-12-21(32)31(30-20)23-17(13-25)22(14-5-10-18(35-2)19(11-14)36-3)28-24(29-23)27-15-6-8-16(9-7-15)38(26,33)34/h5-11H,4,12H2,1-3H3,(H2,26,33,34)(H,27,28,29). The quantitative estimate of drug-likeness (QED) is 0.433. The Hall–Kier alpha value is -4.74. The SMILES string of the molecule is CCOC1=NN(c2nc(Nc3ccc(S(N)(=O)=O)cc3)nc(-c3ccc(OC)c(OC)c3)c2C#N)C(=O)C1. The summed E-state index contributed by atoms with van der Waals surface area (Å²) in [6, 6.07) is 12.6. The Morgan fingerprint density at radius 2 is 1.82 bits per heavy atom. The lowest BCUT2D eigenvalue weighted by atomic mass is 10.1. The van der Waals surface area contributed by atoms with Gasteiger partial charge in [-0.25, -0.2) is 18.5 Å². The average molecular weight is 538 g/mol. The summed E-state index contributed by atoms with van der Waals surface area (Å²) in [4.78, 5) is 21.6. The molecule has 4 rings (SSSR count). The van der Waals surface area contributed by atoms with Crippen molar-refractivity contribution in [3.8, 4) is 28.8 Å². The zero-order valence-corrected chi connectivity index (χ0v) is 21.4. The van der Waals surface area contributed by atoms with Crippen molar-refractivity contribution in [3.63, 3.8) is 0 Å². The third-order valence-electron chi connectivity index (χ3n) is 5.36. The van der Waals surface area contributed by atoms with Crippen LogP contribution in [0.25, 0.3) is 11.3 Å². The molecule has 38 heavy (non-hydrogen) atoms. The highest BCUT2D eigenvalue weighted by Crippen LogP contribution is 2.36. The van der Waals surface area contributed by atoms with E-state index in [0.717, 1.165) is 5.01 Å². The maximum absolute atomic E-state index is 12.8. The molecule has 0 atom stereocenters. The lowest BCUT2D eigenvalue weighted by molar-refractivity contribution is -0.117. The Balaban J connectivity index is 1.87. The number of sulfonamides is 1. The third kappa shape index (κ3) is 5.33. The van der Waals surface area contributed by atoms with E-state index in [4.69, 9.17) is 19.3 Å². The number of hydrogen-bond acceptors (Lipinski definition) is 11. The molecule has 0 spiro atoms. The van der Waals surface area contributed by atoms with Crippen LogP contribution < -0.4 is 24.9 Å². The smallest absolute Gasteiger partial charge is 0.258 e. The number of rotatable bonds is 8. The third-order valence-corrected chi connectivity index (χ3v) is 6.29. The molecule has 0 aliphatic carbocycles. The highest BCUT2D eigenvalue weighted by molar-refractivity contribution is 7.89. The van der Waals surface area contributed by atoms with E-state index < -0.39 is 15.9 Å². The van der Waals surface area contributed by atoms with Gasteiger partial charge in [-0.3, -0.25) is 4.79 Å². The molecule has 3 N–H and O–H groups in total. The fraction of sp³-hybridized carbons (Fsp3) is 0.208. The average Bonchev–Trinajstić information content (AvgIpc) is 3.27. The molecule has 3 aromatic rings. The van der Waals surface area contributed by atoms with E-state index in [9.17, 15) is 18.5 Å². The highest BCUT2D eigenvalue weighted by Gasteiger charge is 2.32. The number of methoxy groups -OCH3 is 2. The molecule has 1 amide bonds. The molecule has 0 unspecified atom stereocenters. The first-order valence-corrected chi connectivity index (χ1v) is 12.7. The number of primary sulfonamides is 1. The lowest BCUT2D eigenvalue weighted by Gasteiger charge is -2.17. The minimum atomic E-state index is -3.88. The number of aromatic nitrogens is 2. The number of nitrogens with one attached hydrogen (secondary N) is 1. The Kier molecular flexibility index (Phi) is 7.42. The first-order chi connectivity index (χ1) is 18.2. The number of hydrogen-bond donors (Lipinski definition) is 2. The van der Waals surface area contributed by atoms with E-state index in [2.05, 4.69) is 26.5 Å². The van der Waals surface area contributed by atoms with E-state index in [0.29, 0.717) is 29.4 Å². The van der Waals surface area contributed by atoms with Gasteiger partial charge in [0.1, 0.15) is 18.1 Å². The van der Waals surface area contributed by atoms with Crippen molar-refractivity contribution in [2.24, 2.45) is 10.2 Å². The van der Waals surface area contributed by atoms with Crippen LogP contribution in [-0.2, 0) is 19.6 Å². The molecule has 2 heterocycles. The predicted octanol–water partition coefficient (Wildman–Crippen LogP) is 2.51. The summed E-state index contributed by atoms with van der Waals surface area (Å²) in [6.07, 6.45) is -0.0911. The molecule has 14 heteroatoms. The molecule has 0 bridgehead atoms. The second-order valence-corrected chi connectivity index (χ2v) is 9.34. The molecule has 1 aromatic heterocycles. The van der Waals surface area contributed by atoms with Gasteiger partial charge in [-0.15, -0.1) is 5.10 Å². The summed E-state index contributed by atoms with van der Waals surface area (Å²) in [5.41, 5.74) is 1.09. The lowest BCUT2D eigenvalue weighted by Crippen LogP contribution is -2.23. The molecule has 1 aliphatic rings. The molecule has 0 fully saturated rings. The molecule has 0 saturated heterocycles. The number of benzene rings is 2. The summed E-state index contributed by atoms with van der Waals surface area (Å²) in [6.45, 7) is 2.08. The molecule has 1 aliphatic heterocycles. The van der Waals surface area contributed by atoms with Gasteiger partial charge in [-0.2, -0.15) is 15.3 Å². The highest BCUT2D eigenvalue weighted by atomic mass is 32.2. The summed E-state index contributed by atoms with van der Waals surface area (Å²) in [7, 11) is -0.906. The maximum atomic E-state index is 12.8. The Morgan fingerprint density at radius 3 is 2.42 bits per heavy atom. The Morgan fingerprint density at radius 1 is 1.11 bits per heavy atom. The molecule has 2 aromatic carbocycles. The van der Waals surface area contributed by atoms with Crippen LogP contribution in [0.4, 0.5) is 17.5 Å². The van der Waals surface area contributed by atoms with Gasteiger partial charge >= 0.3 is 0 Å². The van der Waals surface area contributed by atoms with E-state index >= 15 is 0 Å². The number of hydrazone groups is 1. The van der Waals surface area contributed by atoms with Crippen LogP contribution in [0, 0.1) is 11.3 Å². The second-order valence-electron chi connectivity index (χ2n) is 7.78. The van der Waals surface area contributed by atoms with Crippen LogP contribution in [0.15, 0.2) is 52.5 Å². The number of nitrogens with two attached hydrogens (primary N) is 1. The molecular weight excluding hydrogens is 514 g/mol. The number of carbonyl (C=O) groups excluding carboxylic acids is 1. The Labute approximate surface area is 218 Å². The number of nitrogens with zero attached hydrogens (tertiary/aromatic N) is 5. The van der Waals surface area contributed by atoms with E-state index in [-0.39, 0.29) is 40.2 Å². The summed E-state index contributed by atoms with van der Waals surface area (Å²) >= 11 is 0.